The van der Waals surface area contributed by atoms with Gasteiger partial charge in [-0.25, -0.2) is 0 Å². The third-order valence-electron chi connectivity index (χ3n) is 3.16. The molecule has 0 bridgehead atoms. The molecule has 0 spiro atoms. The number of thioether (sulfide) groups is 1. The molecule has 0 heterocycles. The van der Waals surface area contributed by atoms with Crippen LogP contribution in [0.5, 0.6) is 0 Å². The molecule has 5 N–H and O–H groups in total. The summed E-state index contributed by atoms with van der Waals surface area (Å²) in [6, 6.07) is 6.94. The summed E-state index contributed by atoms with van der Waals surface area (Å²) in [7, 11) is 1.69. The van der Waals surface area contributed by atoms with Crippen LogP contribution in [0.3, 0.4) is 0 Å². The fraction of sp³-hybridized carbons (Fsp3) is 0.333. The maximum absolute atomic E-state index is 11.0. The third kappa shape index (κ3) is 4.91. The van der Waals surface area contributed by atoms with Crippen molar-refractivity contribution in [3.05, 3.63) is 41.6 Å². The number of nitrogens with zero attached hydrogens (tertiary/aromatic N) is 1. The smallest absolute Gasteiger partial charge is 0.321 e. The van der Waals surface area contributed by atoms with E-state index < -0.39 is 12.0 Å². The molecule has 0 amide bonds. The van der Waals surface area contributed by atoms with Gasteiger partial charge in [0.25, 0.3) is 0 Å². The normalized spacial score (nSPS) is 15.1. The first-order chi connectivity index (χ1) is 10.0. The van der Waals surface area contributed by atoms with Gasteiger partial charge in [-0.05, 0) is 23.8 Å². The molecule has 1 aromatic carbocycles. The van der Waals surface area contributed by atoms with Gasteiger partial charge < -0.3 is 16.6 Å². The second-order valence-corrected chi connectivity index (χ2v) is 5.63. The van der Waals surface area contributed by atoms with Crippen LogP contribution >= 0.6 is 11.8 Å². The Labute approximate surface area is 129 Å². The quantitative estimate of drug-likeness (QED) is 0.660. The van der Waals surface area contributed by atoms with E-state index in [0.29, 0.717) is 6.42 Å². The number of rotatable bonds is 7. The van der Waals surface area contributed by atoms with Gasteiger partial charge in [-0.15, -0.1) is 0 Å². The van der Waals surface area contributed by atoms with Crippen molar-refractivity contribution in [1.29, 1.82) is 0 Å². The number of aliphatic carboxylic acids is 1. The van der Waals surface area contributed by atoms with E-state index in [0.717, 1.165) is 16.7 Å². The molecular formula is C15H21N3O2S. The largest absolute Gasteiger partial charge is 0.480 e. The van der Waals surface area contributed by atoms with Crippen LogP contribution in [0.1, 0.15) is 11.1 Å². The zero-order chi connectivity index (χ0) is 15.8. The van der Waals surface area contributed by atoms with Crippen LogP contribution in [-0.2, 0) is 11.2 Å². The van der Waals surface area contributed by atoms with Gasteiger partial charge in [-0.3, -0.25) is 9.79 Å². The summed E-state index contributed by atoms with van der Waals surface area (Å²) in [4.78, 5) is 14.9. The molecule has 2 unspecified atom stereocenters. The predicted molar refractivity (Wildman–Crippen MR) is 89.6 cm³/mol. The van der Waals surface area contributed by atoms with Crippen LogP contribution in [0.4, 0.5) is 0 Å². The van der Waals surface area contributed by atoms with Crippen LogP contribution in [0.25, 0.3) is 5.57 Å². The van der Waals surface area contributed by atoms with Gasteiger partial charge in [0.2, 0.25) is 0 Å². The van der Waals surface area contributed by atoms with Crippen LogP contribution in [0, 0.1) is 0 Å². The number of carboxylic acids is 1. The van der Waals surface area contributed by atoms with E-state index in [1.54, 1.807) is 13.3 Å². The first-order valence-corrected chi connectivity index (χ1v) is 7.76. The monoisotopic (exact) mass is 307 g/mol. The second-order valence-electron chi connectivity index (χ2n) is 4.55. The lowest BCUT2D eigenvalue weighted by Crippen LogP contribution is -2.41. The zero-order valence-electron chi connectivity index (χ0n) is 12.2. The Morgan fingerprint density at radius 3 is 2.48 bits per heavy atom. The van der Waals surface area contributed by atoms with E-state index in [4.69, 9.17) is 16.6 Å². The average molecular weight is 307 g/mol. The molecule has 6 heteroatoms. The minimum atomic E-state index is -0.974. The summed E-state index contributed by atoms with van der Waals surface area (Å²) in [6.45, 7) is 0. The molecule has 5 nitrogen and oxygen atoms in total. The van der Waals surface area contributed by atoms with Crippen molar-refractivity contribution in [2.75, 3.05) is 13.3 Å². The topological polar surface area (TPSA) is 102 Å². The Morgan fingerprint density at radius 1 is 1.43 bits per heavy atom. The summed E-state index contributed by atoms with van der Waals surface area (Å²) < 4.78 is 0. The van der Waals surface area contributed by atoms with E-state index in [2.05, 4.69) is 4.99 Å². The number of hydrogen-bond donors (Lipinski definition) is 3. The average Bonchev–Trinajstić information content (AvgIpc) is 2.50. The molecule has 0 aliphatic rings. The maximum Gasteiger partial charge on any atom is 0.321 e. The summed E-state index contributed by atoms with van der Waals surface area (Å²) >= 11 is 1.47. The van der Waals surface area contributed by atoms with Crippen LogP contribution in [0.2, 0.25) is 0 Å². The van der Waals surface area contributed by atoms with E-state index in [-0.39, 0.29) is 5.25 Å². The first kappa shape index (κ1) is 17.3. The lowest BCUT2D eigenvalue weighted by atomic mass is 10.0. The van der Waals surface area contributed by atoms with Gasteiger partial charge in [0, 0.05) is 30.3 Å². The molecule has 21 heavy (non-hydrogen) atoms. The summed E-state index contributed by atoms with van der Waals surface area (Å²) in [5.41, 5.74) is 14.1. The number of nitrogens with two attached hydrogens (primary N) is 2. The van der Waals surface area contributed by atoms with Crippen molar-refractivity contribution in [3.63, 3.8) is 0 Å². The van der Waals surface area contributed by atoms with Crippen molar-refractivity contribution in [1.82, 2.24) is 0 Å². The zero-order valence-corrected chi connectivity index (χ0v) is 13.0. The Hall–Kier alpha value is -1.79. The Morgan fingerprint density at radius 2 is 2.05 bits per heavy atom. The van der Waals surface area contributed by atoms with Crippen molar-refractivity contribution in [2.45, 2.75) is 17.7 Å². The van der Waals surface area contributed by atoms with Gasteiger partial charge in [-0.2, -0.15) is 11.8 Å². The predicted octanol–water partition coefficient (Wildman–Crippen LogP) is 1.37. The van der Waals surface area contributed by atoms with Gasteiger partial charge in [0.05, 0.1) is 0 Å². The molecule has 0 fully saturated rings. The Kier molecular flexibility index (Phi) is 6.98. The van der Waals surface area contributed by atoms with Gasteiger partial charge in [-0.1, -0.05) is 24.3 Å². The summed E-state index contributed by atoms with van der Waals surface area (Å²) in [5.74, 6) is -0.974. The van der Waals surface area contributed by atoms with E-state index in [1.807, 2.05) is 30.5 Å². The lowest BCUT2D eigenvalue weighted by Gasteiger charge is -2.18. The van der Waals surface area contributed by atoms with Crippen molar-refractivity contribution >= 4 is 29.5 Å². The number of carboxylic acid groups (broad SMARTS) is 1. The lowest BCUT2D eigenvalue weighted by molar-refractivity contribution is -0.138. The molecular weight excluding hydrogens is 286 g/mol. The van der Waals surface area contributed by atoms with E-state index in [9.17, 15) is 4.79 Å². The van der Waals surface area contributed by atoms with Crippen molar-refractivity contribution < 1.29 is 9.90 Å². The molecule has 0 radical (unpaired) electrons. The minimum absolute atomic E-state index is 0.157. The van der Waals surface area contributed by atoms with E-state index in [1.165, 1.54) is 18.0 Å². The van der Waals surface area contributed by atoms with Crippen LogP contribution in [0.15, 0.2) is 35.5 Å². The highest BCUT2D eigenvalue weighted by molar-refractivity contribution is 7.99. The van der Waals surface area contributed by atoms with Gasteiger partial charge in [0.15, 0.2) is 0 Å². The van der Waals surface area contributed by atoms with Crippen LogP contribution in [-0.4, -0.2) is 41.9 Å². The second kappa shape index (κ2) is 8.49. The van der Waals surface area contributed by atoms with Crippen molar-refractivity contribution in [3.8, 4) is 0 Å². The number of hydrogen-bond acceptors (Lipinski definition) is 5. The molecule has 114 valence electrons. The number of carbonyl (C=O) groups is 1. The third-order valence-corrected chi connectivity index (χ3v) is 4.23. The molecule has 0 aliphatic carbocycles. The Balaban J connectivity index is 2.85. The summed E-state index contributed by atoms with van der Waals surface area (Å²) in [5, 5.41) is 8.84. The molecule has 0 saturated carbocycles. The number of allylic oxidation sites excluding steroid dienone is 1. The fourth-order valence-corrected chi connectivity index (χ4v) is 2.70. The SMILES string of the molecule is CN=C/C(=C\N)c1ccc(CC(SC)C(N)C(=O)O)cc1. The highest BCUT2D eigenvalue weighted by Crippen LogP contribution is 2.19. The maximum atomic E-state index is 11.0. The van der Waals surface area contributed by atoms with Gasteiger partial charge in [0.1, 0.15) is 6.04 Å². The first-order valence-electron chi connectivity index (χ1n) is 6.48. The molecule has 0 saturated heterocycles. The molecule has 1 rings (SSSR count). The highest BCUT2D eigenvalue weighted by atomic mass is 32.2. The number of benzene rings is 1. The minimum Gasteiger partial charge on any atom is -0.480 e. The molecule has 0 aliphatic heterocycles. The highest BCUT2D eigenvalue weighted by Gasteiger charge is 2.23. The van der Waals surface area contributed by atoms with E-state index >= 15 is 0 Å². The van der Waals surface area contributed by atoms with Gasteiger partial charge >= 0.3 is 5.97 Å². The summed E-state index contributed by atoms with van der Waals surface area (Å²) in [6.07, 6.45) is 5.68. The standard InChI is InChI=1S/C15H21N3O2S/c1-18-9-12(8-16)11-5-3-10(4-6-11)7-13(21-2)14(17)15(19)20/h3-6,8-9,13-14H,7,16-17H2,1-2H3,(H,19,20)/b12-8+,18-9?. The molecule has 0 aromatic heterocycles. The molecule has 1 aromatic rings. The molecule has 2 atom stereocenters. The van der Waals surface area contributed by atoms with Crippen molar-refractivity contribution in [2.24, 2.45) is 16.5 Å². The Bertz CT molecular complexity index is 526. The van der Waals surface area contributed by atoms with Crippen LogP contribution < -0.4 is 11.5 Å². The fourth-order valence-electron chi connectivity index (χ4n) is 1.93. The number of aliphatic imine (C=N–C) groups is 1.